The third kappa shape index (κ3) is 5.74. The van der Waals surface area contributed by atoms with Gasteiger partial charge in [-0.3, -0.25) is 19.2 Å². The van der Waals surface area contributed by atoms with Crippen LogP contribution in [0.4, 0.5) is 0 Å². The number of piperidine rings is 1. The van der Waals surface area contributed by atoms with Crippen LogP contribution in [0.25, 0.3) is 0 Å². The zero-order valence-electron chi connectivity index (χ0n) is 19.9. The van der Waals surface area contributed by atoms with Crippen molar-refractivity contribution in [2.45, 2.75) is 79.3 Å². The summed E-state index contributed by atoms with van der Waals surface area (Å²) in [7, 11) is 0. The standard InChI is InChI=1S/C24H39N3O4/c1-8-10-11-16(20(29)22(31)25-12-9-2)26-21(30)19-18-15(24(18,6)7)14-27(19)17(28)13-23(3,4)5/h9,15-16,18-19H,2,8,10-14H2,1,3-7H3,(H,25,31)(H,26,30). The highest BCUT2D eigenvalue weighted by Crippen LogP contribution is 2.65. The fourth-order valence-corrected chi connectivity index (χ4v) is 4.74. The van der Waals surface area contributed by atoms with E-state index >= 15 is 0 Å². The van der Waals surface area contributed by atoms with Crippen molar-refractivity contribution >= 4 is 23.5 Å². The molecule has 1 saturated carbocycles. The van der Waals surface area contributed by atoms with Gasteiger partial charge in [0.25, 0.3) is 5.91 Å². The maximum Gasteiger partial charge on any atom is 0.289 e. The Labute approximate surface area is 186 Å². The van der Waals surface area contributed by atoms with Gasteiger partial charge in [-0.1, -0.05) is 60.5 Å². The quantitative estimate of drug-likeness (QED) is 0.409. The van der Waals surface area contributed by atoms with Crippen molar-refractivity contribution in [2.75, 3.05) is 13.1 Å². The number of rotatable bonds is 10. The van der Waals surface area contributed by atoms with E-state index in [1.165, 1.54) is 6.08 Å². The van der Waals surface area contributed by atoms with Crippen LogP contribution in [0, 0.1) is 22.7 Å². The van der Waals surface area contributed by atoms with Crippen molar-refractivity contribution in [2.24, 2.45) is 22.7 Å². The van der Waals surface area contributed by atoms with Gasteiger partial charge in [-0.25, -0.2) is 0 Å². The molecule has 31 heavy (non-hydrogen) atoms. The highest BCUT2D eigenvalue weighted by Gasteiger charge is 2.69. The Morgan fingerprint density at radius 1 is 1.23 bits per heavy atom. The monoisotopic (exact) mass is 433 g/mol. The van der Waals surface area contributed by atoms with Crippen LogP contribution in [0.15, 0.2) is 12.7 Å². The third-order valence-corrected chi connectivity index (χ3v) is 6.59. The zero-order valence-corrected chi connectivity index (χ0v) is 19.9. The van der Waals surface area contributed by atoms with Crippen molar-refractivity contribution in [3.8, 4) is 0 Å². The molecule has 7 nitrogen and oxygen atoms in total. The molecule has 0 aromatic carbocycles. The predicted molar refractivity (Wildman–Crippen MR) is 120 cm³/mol. The number of likely N-dealkylation sites (tertiary alicyclic amines) is 1. The lowest BCUT2D eigenvalue weighted by atomic mass is 9.90. The molecule has 0 bridgehead atoms. The van der Waals surface area contributed by atoms with Crippen LogP contribution >= 0.6 is 0 Å². The van der Waals surface area contributed by atoms with Crippen LogP contribution in [-0.4, -0.2) is 53.6 Å². The summed E-state index contributed by atoms with van der Waals surface area (Å²) in [5.74, 6) is -1.37. The minimum Gasteiger partial charge on any atom is -0.346 e. The lowest BCUT2D eigenvalue weighted by molar-refractivity contribution is -0.144. The number of carbonyl (C=O) groups excluding carboxylic acids is 4. The summed E-state index contributed by atoms with van der Waals surface area (Å²) in [4.78, 5) is 52.9. The largest absolute Gasteiger partial charge is 0.346 e. The molecule has 1 heterocycles. The molecular weight excluding hydrogens is 394 g/mol. The molecule has 1 aliphatic heterocycles. The molecule has 1 aliphatic carbocycles. The average Bonchev–Trinajstić information content (AvgIpc) is 3.03. The minimum atomic E-state index is -0.891. The molecule has 2 N–H and O–H groups in total. The first-order valence-electron chi connectivity index (χ1n) is 11.4. The van der Waals surface area contributed by atoms with E-state index in [-0.39, 0.29) is 41.0 Å². The maximum atomic E-state index is 13.4. The number of hydrogen-bond acceptors (Lipinski definition) is 4. The number of unbranched alkanes of at least 4 members (excludes halogenated alkanes) is 1. The smallest absolute Gasteiger partial charge is 0.289 e. The maximum absolute atomic E-state index is 13.4. The molecular formula is C24H39N3O4. The number of hydrogen-bond donors (Lipinski definition) is 2. The van der Waals surface area contributed by atoms with Crippen LogP contribution in [0.1, 0.15) is 67.2 Å². The summed E-state index contributed by atoms with van der Waals surface area (Å²) in [5.41, 5.74) is -0.186. The first-order chi connectivity index (χ1) is 14.3. The van der Waals surface area contributed by atoms with Crippen molar-refractivity contribution in [1.82, 2.24) is 15.5 Å². The van der Waals surface area contributed by atoms with Gasteiger partial charge in [-0.05, 0) is 29.1 Å². The van der Waals surface area contributed by atoms with E-state index in [1.807, 2.05) is 27.7 Å². The molecule has 0 aromatic heterocycles. The number of nitrogens with one attached hydrogen (secondary N) is 2. The van der Waals surface area contributed by atoms with Crippen LogP contribution in [0.3, 0.4) is 0 Å². The van der Waals surface area contributed by atoms with Gasteiger partial charge in [-0.2, -0.15) is 0 Å². The third-order valence-electron chi connectivity index (χ3n) is 6.59. The van der Waals surface area contributed by atoms with Crippen LogP contribution < -0.4 is 10.6 Å². The molecule has 0 aromatic rings. The Morgan fingerprint density at radius 2 is 1.87 bits per heavy atom. The van der Waals surface area contributed by atoms with Crippen molar-refractivity contribution in [3.05, 3.63) is 12.7 Å². The zero-order chi connectivity index (χ0) is 23.6. The Morgan fingerprint density at radius 3 is 2.42 bits per heavy atom. The van der Waals surface area contributed by atoms with E-state index in [2.05, 4.69) is 31.1 Å². The van der Waals surface area contributed by atoms with E-state index in [1.54, 1.807) is 4.90 Å². The van der Waals surface area contributed by atoms with Crippen molar-refractivity contribution in [1.29, 1.82) is 0 Å². The van der Waals surface area contributed by atoms with E-state index in [0.717, 1.165) is 6.42 Å². The summed E-state index contributed by atoms with van der Waals surface area (Å²) < 4.78 is 0. The van der Waals surface area contributed by atoms with Gasteiger partial charge >= 0.3 is 0 Å². The van der Waals surface area contributed by atoms with E-state index in [0.29, 0.717) is 25.8 Å². The Balaban J connectivity index is 2.18. The second-order valence-electron chi connectivity index (χ2n) is 10.7. The van der Waals surface area contributed by atoms with E-state index < -0.39 is 23.8 Å². The van der Waals surface area contributed by atoms with Gasteiger partial charge in [0.2, 0.25) is 17.6 Å². The predicted octanol–water partition coefficient (Wildman–Crippen LogP) is 2.45. The topological polar surface area (TPSA) is 95.6 Å². The molecule has 4 atom stereocenters. The Bertz CT molecular complexity index is 738. The second-order valence-corrected chi connectivity index (χ2v) is 10.7. The van der Waals surface area contributed by atoms with Crippen molar-refractivity contribution < 1.29 is 19.2 Å². The number of fused-ring (bicyclic) bond motifs is 1. The van der Waals surface area contributed by atoms with E-state index in [9.17, 15) is 19.2 Å². The molecule has 174 valence electrons. The number of nitrogens with zero attached hydrogens (tertiary/aromatic N) is 1. The van der Waals surface area contributed by atoms with Gasteiger partial charge in [0.15, 0.2) is 0 Å². The fraction of sp³-hybridized carbons (Fsp3) is 0.750. The summed E-state index contributed by atoms with van der Waals surface area (Å²) in [6, 6.07) is -1.49. The molecule has 2 aliphatic rings. The van der Waals surface area contributed by atoms with E-state index in [4.69, 9.17) is 0 Å². The molecule has 0 spiro atoms. The van der Waals surface area contributed by atoms with Crippen LogP contribution in [-0.2, 0) is 19.2 Å². The summed E-state index contributed by atoms with van der Waals surface area (Å²) in [5, 5.41) is 5.32. The van der Waals surface area contributed by atoms with Crippen LogP contribution in [0.2, 0.25) is 0 Å². The van der Waals surface area contributed by atoms with Gasteiger partial charge in [0.05, 0.1) is 6.04 Å². The first-order valence-corrected chi connectivity index (χ1v) is 11.4. The molecule has 7 heteroatoms. The average molecular weight is 434 g/mol. The van der Waals surface area contributed by atoms with Gasteiger partial charge in [0.1, 0.15) is 6.04 Å². The lowest BCUT2D eigenvalue weighted by Gasteiger charge is -2.33. The number of ketones is 1. The lowest BCUT2D eigenvalue weighted by Crippen LogP contribution is -2.55. The Kier molecular flexibility index (Phi) is 7.71. The molecule has 4 unspecified atom stereocenters. The second kappa shape index (κ2) is 9.53. The minimum absolute atomic E-state index is 0.00915. The van der Waals surface area contributed by atoms with Crippen LogP contribution in [0.5, 0.6) is 0 Å². The molecule has 2 fully saturated rings. The summed E-state index contributed by atoms with van der Waals surface area (Å²) >= 11 is 0. The summed E-state index contributed by atoms with van der Waals surface area (Å²) in [6.07, 6.45) is 3.80. The fourth-order valence-electron chi connectivity index (χ4n) is 4.74. The highest BCUT2D eigenvalue weighted by molar-refractivity contribution is 6.38. The normalized spacial score (nSPS) is 24.7. The molecule has 0 radical (unpaired) electrons. The summed E-state index contributed by atoms with van der Waals surface area (Å²) in [6.45, 7) is 16.5. The first kappa shape index (κ1) is 25.1. The number of Topliss-reactive ketones (excluding diaryl/α,β-unsaturated/α-hetero) is 1. The van der Waals surface area contributed by atoms with Gasteiger partial charge in [-0.15, -0.1) is 6.58 Å². The number of amides is 3. The van der Waals surface area contributed by atoms with Gasteiger partial charge < -0.3 is 15.5 Å². The van der Waals surface area contributed by atoms with Crippen molar-refractivity contribution in [3.63, 3.8) is 0 Å². The Hall–Kier alpha value is -2.18. The highest BCUT2D eigenvalue weighted by atomic mass is 16.2. The molecule has 1 saturated heterocycles. The molecule has 2 rings (SSSR count). The molecule has 3 amide bonds. The SMILES string of the molecule is C=CCNC(=O)C(=O)C(CCCC)NC(=O)C1C2C(CN1C(=O)CC(C)(C)C)C2(C)C. The van der Waals surface area contributed by atoms with Gasteiger partial charge in [0, 0.05) is 19.5 Å². The number of carbonyl (C=O) groups is 4.